The van der Waals surface area contributed by atoms with Gasteiger partial charge in [0.1, 0.15) is 0 Å². The first-order valence-corrected chi connectivity index (χ1v) is 8.38. The van der Waals surface area contributed by atoms with Gasteiger partial charge in [-0.1, -0.05) is 40.5 Å². The van der Waals surface area contributed by atoms with Crippen LogP contribution in [-0.4, -0.2) is 24.0 Å². The van der Waals surface area contributed by atoms with Gasteiger partial charge >= 0.3 is 0 Å². The normalized spacial score (nSPS) is 39.3. The Labute approximate surface area is 114 Å². The van der Waals surface area contributed by atoms with Crippen LogP contribution >= 0.6 is 0 Å². The van der Waals surface area contributed by atoms with E-state index < -0.39 is 0 Å². The second kappa shape index (κ2) is 6.41. The van der Waals surface area contributed by atoms with Crippen LogP contribution in [0.5, 0.6) is 0 Å². The summed E-state index contributed by atoms with van der Waals surface area (Å²) in [5.41, 5.74) is 0. The SMILES string of the molecule is CCC(C)CC1CCN(C2CC(CC)C2)CC1C. The molecule has 106 valence electrons. The summed E-state index contributed by atoms with van der Waals surface area (Å²) in [6.07, 6.45) is 8.65. The quantitative estimate of drug-likeness (QED) is 0.692. The molecule has 3 unspecified atom stereocenters. The summed E-state index contributed by atoms with van der Waals surface area (Å²) in [5, 5.41) is 0. The smallest absolute Gasteiger partial charge is 0.0101 e. The van der Waals surface area contributed by atoms with Crippen LogP contribution in [-0.2, 0) is 0 Å². The van der Waals surface area contributed by atoms with Crippen molar-refractivity contribution >= 4 is 0 Å². The fourth-order valence-electron chi connectivity index (χ4n) is 3.92. The van der Waals surface area contributed by atoms with Crippen molar-refractivity contribution in [2.24, 2.45) is 23.7 Å². The molecule has 0 aromatic carbocycles. The highest BCUT2D eigenvalue weighted by Gasteiger charge is 2.36. The number of hydrogen-bond acceptors (Lipinski definition) is 1. The molecule has 1 aliphatic heterocycles. The molecule has 1 saturated heterocycles. The van der Waals surface area contributed by atoms with Gasteiger partial charge in [-0.2, -0.15) is 0 Å². The van der Waals surface area contributed by atoms with Gasteiger partial charge in [0.25, 0.3) is 0 Å². The fourth-order valence-corrected chi connectivity index (χ4v) is 3.92. The molecule has 0 aromatic heterocycles. The summed E-state index contributed by atoms with van der Waals surface area (Å²) in [4.78, 5) is 2.81. The number of piperidine rings is 1. The van der Waals surface area contributed by atoms with Crippen molar-refractivity contribution < 1.29 is 0 Å². The molecule has 2 fully saturated rings. The van der Waals surface area contributed by atoms with E-state index in [1.807, 2.05) is 0 Å². The van der Waals surface area contributed by atoms with Crippen molar-refractivity contribution in [1.29, 1.82) is 0 Å². The van der Waals surface area contributed by atoms with Gasteiger partial charge in [-0.3, -0.25) is 0 Å². The minimum absolute atomic E-state index is 0.924. The lowest BCUT2D eigenvalue weighted by atomic mass is 9.74. The van der Waals surface area contributed by atoms with Crippen molar-refractivity contribution in [3.05, 3.63) is 0 Å². The van der Waals surface area contributed by atoms with E-state index in [0.717, 1.165) is 29.7 Å². The van der Waals surface area contributed by atoms with E-state index in [1.165, 1.54) is 51.6 Å². The minimum Gasteiger partial charge on any atom is -0.300 e. The van der Waals surface area contributed by atoms with E-state index >= 15 is 0 Å². The predicted octanol–water partition coefficient (Wildman–Crippen LogP) is 4.57. The molecule has 0 amide bonds. The van der Waals surface area contributed by atoms with Gasteiger partial charge in [-0.25, -0.2) is 0 Å². The Morgan fingerprint density at radius 3 is 2.50 bits per heavy atom. The zero-order valence-corrected chi connectivity index (χ0v) is 13.0. The third-order valence-corrected chi connectivity index (χ3v) is 5.82. The molecular formula is C17H33N. The lowest BCUT2D eigenvalue weighted by molar-refractivity contribution is 0.0192. The topological polar surface area (TPSA) is 3.24 Å². The Balaban J connectivity index is 1.74. The van der Waals surface area contributed by atoms with Crippen LogP contribution in [0, 0.1) is 23.7 Å². The van der Waals surface area contributed by atoms with Crippen LogP contribution in [0.25, 0.3) is 0 Å². The van der Waals surface area contributed by atoms with Gasteiger partial charge in [0.05, 0.1) is 0 Å². The average Bonchev–Trinajstić information content (AvgIpc) is 2.31. The molecule has 1 aliphatic carbocycles. The Kier molecular flexibility index (Phi) is 5.12. The number of rotatable bonds is 5. The molecule has 2 aliphatic rings. The monoisotopic (exact) mass is 251 g/mol. The van der Waals surface area contributed by atoms with Crippen LogP contribution in [0.15, 0.2) is 0 Å². The van der Waals surface area contributed by atoms with Crippen LogP contribution in [0.1, 0.15) is 66.2 Å². The van der Waals surface area contributed by atoms with Gasteiger partial charge in [-0.05, 0) is 55.9 Å². The maximum Gasteiger partial charge on any atom is 0.0101 e. The minimum atomic E-state index is 0.924. The molecule has 1 heterocycles. The van der Waals surface area contributed by atoms with Crippen LogP contribution in [0.2, 0.25) is 0 Å². The Morgan fingerprint density at radius 1 is 1.22 bits per heavy atom. The molecule has 2 rings (SSSR count). The van der Waals surface area contributed by atoms with Crippen molar-refractivity contribution in [2.75, 3.05) is 13.1 Å². The van der Waals surface area contributed by atoms with E-state index in [-0.39, 0.29) is 0 Å². The molecule has 0 spiro atoms. The van der Waals surface area contributed by atoms with E-state index in [0.29, 0.717) is 0 Å². The van der Waals surface area contributed by atoms with Crippen LogP contribution < -0.4 is 0 Å². The summed E-state index contributed by atoms with van der Waals surface area (Å²) in [6.45, 7) is 12.4. The standard InChI is InChI=1S/C17H33N/c1-5-13(3)9-16-7-8-18(12-14(16)4)17-10-15(6-2)11-17/h13-17H,5-12H2,1-4H3. The fraction of sp³-hybridized carbons (Fsp3) is 1.00. The van der Waals surface area contributed by atoms with Crippen molar-refractivity contribution in [2.45, 2.75) is 72.3 Å². The first-order chi connectivity index (χ1) is 8.63. The van der Waals surface area contributed by atoms with E-state index in [4.69, 9.17) is 0 Å². The summed E-state index contributed by atoms with van der Waals surface area (Å²) >= 11 is 0. The molecule has 18 heavy (non-hydrogen) atoms. The third-order valence-electron chi connectivity index (χ3n) is 5.82. The highest BCUT2D eigenvalue weighted by atomic mass is 15.2. The molecule has 1 nitrogen and oxygen atoms in total. The third kappa shape index (κ3) is 3.29. The van der Waals surface area contributed by atoms with Crippen LogP contribution in [0.3, 0.4) is 0 Å². The Hall–Kier alpha value is -0.0400. The van der Waals surface area contributed by atoms with Gasteiger partial charge in [-0.15, -0.1) is 0 Å². The summed E-state index contributed by atoms with van der Waals surface area (Å²) in [5.74, 6) is 3.90. The van der Waals surface area contributed by atoms with E-state index in [1.54, 1.807) is 0 Å². The first kappa shape index (κ1) is 14.4. The maximum atomic E-state index is 2.81. The molecule has 0 N–H and O–H groups in total. The first-order valence-electron chi connectivity index (χ1n) is 8.38. The zero-order valence-electron chi connectivity index (χ0n) is 13.0. The van der Waals surface area contributed by atoms with Crippen molar-refractivity contribution in [1.82, 2.24) is 4.90 Å². The summed E-state index contributed by atoms with van der Waals surface area (Å²) < 4.78 is 0. The van der Waals surface area contributed by atoms with Gasteiger partial charge in [0.2, 0.25) is 0 Å². The molecule has 0 radical (unpaired) electrons. The van der Waals surface area contributed by atoms with Gasteiger partial charge in [0.15, 0.2) is 0 Å². The lowest BCUT2D eigenvalue weighted by Crippen LogP contribution is -2.50. The maximum absolute atomic E-state index is 2.81. The van der Waals surface area contributed by atoms with Gasteiger partial charge < -0.3 is 4.90 Å². The molecule has 0 aromatic rings. The van der Waals surface area contributed by atoms with Gasteiger partial charge in [0, 0.05) is 12.6 Å². The largest absolute Gasteiger partial charge is 0.300 e. The number of likely N-dealkylation sites (tertiary alicyclic amines) is 1. The molecule has 0 bridgehead atoms. The van der Waals surface area contributed by atoms with E-state index in [9.17, 15) is 0 Å². The highest BCUT2D eigenvalue weighted by molar-refractivity contribution is 4.90. The Morgan fingerprint density at radius 2 is 1.94 bits per heavy atom. The molecule has 1 heteroatoms. The lowest BCUT2D eigenvalue weighted by Gasteiger charge is -2.48. The number of hydrogen-bond donors (Lipinski definition) is 0. The molecule has 3 atom stereocenters. The molecular weight excluding hydrogens is 218 g/mol. The zero-order chi connectivity index (χ0) is 13.1. The molecule has 1 saturated carbocycles. The summed E-state index contributed by atoms with van der Waals surface area (Å²) in [7, 11) is 0. The van der Waals surface area contributed by atoms with Crippen molar-refractivity contribution in [3.8, 4) is 0 Å². The van der Waals surface area contributed by atoms with E-state index in [2.05, 4.69) is 32.6 Å². The van der Waals surface area contributed by atoms with Crippen molar-refractivity contribution in [3.63, 3.8) is 0 Å². The average molecular weight is 251 g/mol. The second-order valence-corrected chi connectivity index (χ2v) is 7.17. The predicted molar refractivity (Wildman–Crippen MR) is 79.7 cm³/mol. The van der Waals surface area contributed by atoms with Crippen LogP contribution in [0.4, 0.5) is 0 Å². The summed E-state index contributed by atoms with van der Waals surface area (Å²) in [6, 6.07) is 0.946. The highest BCUT2D eigenvalue weighted by Crippen LogP contribution is 2.38. The number of nitrogens with zero attached hydrogens (tertiary/aromatic N) is 1. The second-order valence-electron chi connectivity index (χ2n) is 7.17. The Bertz CT molecular complexity index is 244.